The Bertz CT molecular complexity index is 480. The van der Waals surface area contributed by atoms with Gasteiger partial charge in [-0.2, -0.15) is 0 Å². The van der Waals surface area contributed by atoms with Crippen LogP contribution < -0.4 is 5.73 Å². The first kappa shape index (κ1) is 13.3. The predicted molar refractivity (Wildman–Crippen MR) is 71.1 cm³/mol. The minimum Gasteiger partial charge on any atom is -0.409 e. The van der Waals surface area contributed by atoms with Gasteiger partial charge in [-0.1, -0.05) is 12.1 Å². The van der Waals surface area contributed by atoms with E-state index in [9.17, 15) is 4.79 Å². The smallest absolute Gasteiger partial charge is 0.272 e. The lowest BCUT2D eigenvalue weighted by atomic mass is 10.2. The van der Waals surface area contributed by atoms with Gasteiger partial charge in [0.15, 0.2) is 5.84 Å². The average Bonchev–Trinajstić information content (AvgIpc) is 3.28. The topological polar surface area (TPSA) is 91.8 Å². The number of aromatic nitrogens is 1. The van der Waals surface area contributed by atoms with E-state index in [-0.39, 0.29) is 11.7 Å². The van der Waals surface area contributed by atoms with Crippen molar-refractivity contribution < 1.29 is 10.0 Å². The van der Waals surface area contributed by atoms with Crippen LogP contribution in [0.4, 0.5) is 0 Å². The molecule has 1 fully saturated rings. The Morgan fingerprint density at radius 3 is 2.79 bits per heavy atom. The number of carbonyl (C=O) groups is 1. The number of hydrogen-bond acceptors (Lipinski definition) is 4. The monoisotopic (exact) mass is 262 g/mol. The van der Waals surface area contributed by atoms with Crippen LogP contribution in [0.25, 0.3) is 0 Å². The van der Waals surface area contributed by atoms with Crippen LogP contribution in [-0.4, -0.2) is 39.4 Å². The van der Waals surface area contributed by atoms with Gasteiger partial charge < -0.3 is 15.8 Å². The standard InChI is InChI=1S/C13H18N4O2/c1-2-7-17(10-4-5-10)13(18)11-6-3-9(8-15-11)12(14)16-19/h3,6,8,10,19H,2,4-5,7H2,1H3,(H2,14,16). The Morgan fingerprint density at radius 2 is 2.32 bits per heavy atom. The molecule has 0 unspecified atom stereocenters. The SMILES string of the molecule is CCCN(C(=O)c1ccc(C(N)=NO)cn1)C1CC1. The van der Waals surface area contributed by atoms with Gasteiger partial charge in [0.2, 0.25) is 0 Å². The summed E-state index contributed by atoms with van der Waals surface area (Å²) in [4.78, 5) is 18.3. The van der Waals surface area contributed by atoms with Gasteiger partial charge in [0, 0.05) is 24.3 Å². The third-order valence-electron chi connectivity index (χ3n) is 3.10. The van der Waals surface area contributed by atoms with Crippen molar-refractivity contribution in [1.29, 1.82) is 0 Å². The van der Waals surface area contributed by atoms with Gasteiger partial charge in [-0.15, -0.1) is 0 Å². The maximum atomic E-state index is 12.3. The number of nitrogens with two attached hydrogens (primary N) is 1. The van der Waals surface area contributed by atoms with Crippen molar-refractivity contribution in [1.82, 2.24) is 9.88 Å². The number of nitrogens with zero attached hydrogens (tertiary/aromatic N) is 3. The second-order valence-corrected chi connectivity index (χ2v) is 4.65. The molecule has 0 aliphatic heterocycles. The maximum absolute atomic E-state index is 12.3. The molecule has 19 heavy (non-hydrogen) atoms. The van der Waals surface area contributed by atoms with E-state index in [4.69, 9.17) is 10.9 Å². The Hall–Kier alpha value is -2.11. The molecular weight excluding hydrogens is 244 g/mol. The van der Waals surface area contributed by atoms with Gasteiger partial charge >= 0.3 is 0 Å². The molecule has 0 spiro atoms. The molecule has 102 valence electrons. The normalized spacial score (nSPS) is 15.3. The zero-order valence-corrected chi connectivity index (χ0v) is 10.9. The second kappa shape index (κ2) is 5.69. The molecule has 0 aromatic carbocycles. The Balaban J connectivity index is 2.14. The minimum absolute atomic E-state index is 0.0147. The second-order valence-electron chi connectivity index (χ2n) is 4.65. The molecule has 0 atom stereocenters. The summed E-state index contributed by atoms with van der Waals surface area (Å²) in [5, 5.41) is 11.5. The van der Waals surface area contributed by atoms with Gasteiger partial charge in [0.25, 0.3) is 5.91 Å². The molecule has 1 amide bonds. The van der Waals surface area contributed by atoms with E-state index in [0.717, 1.165) is 25.8 Å². The molecule has 0 saturated heterocycles. The number of amidine groups is 1. The van der Waals surface area contributed by atoms with Gasteiger partial charge in [-0.3, -0.25) is 9.78 Å². The van der Waals surface area contributed by atoms with Crippen molar-refractivity contribution in [2.75, 3.05) is 6.54 Å². The molecule has 3 N–H and O–H groups in total. The summed E-state index contributed by atoms with van der Waals surface area (Å²) >= 11 is 0. The molecule has 1 aliphatic rings. The zero-order valence-electron chi connectivity index (χ0n) is 10.9. The zero-order chi connectivity index (χ0) is 13.8. The highest BCUT2D eigenvalue weighted by Crippen LogP contribution is 2.28. The van der Waals surface area contributed by atoms with Crippen LogP contribution in [0, 0.1) is 0 Å². The molecule has 1 saturated carbocycles. The molecular formula is C13H18N4O2. The fraction of sp³-hybridized carbons (Fsp3) is 0.462. The number of oxime groups is 1. The average molecular weight is 262 g/mol. The van der Waals surface area contributed by atoms with E-state index in [2.05, 4.69) is 17.1 Å². The molecule has 6 nitrogen and oxygen atoms in total. The van der Waals surface area contributed by atoms with Crippen molar-refractivity contribution in [3.05, 3.63) is 29.6 Å². The van der Waals surface area contributed by atoms with E-state index in [1.54, 1.807) is 12.1 Å². The van der Waals surface area contributed by atoms with Crippen LogP contribution in [0.1, 0.15) is 42.2 Å². The van der Waals surface area contributed by atoms with E-state index in [1.165, 1.54) is 6.20 Å². The number of hydrogen-bond donors (Lipinski definition) is 2. The van der Waals surface area contributed by atoms with Crippen molar-refractivity contribution in [2.24, 2.45) is 10.9 Å². The number of amides is 1. The fourth-order valence-corrected chi connectivity index (χ4v) is 1.95. The van der Waals surface area contributed by atoms with Gasteiger partial charge in [0.1, 0.15) is 5.69 Å². The van der Waals surface area contributed by atoms with Crippen LogP contribution in [0.2, 0.25) is 0 Å². The third-order valence-corrected chi connectivity index (χ3v) is 3.10. The highest BCUT2D eigenvalue weighted by atomic mass is 16.4. The van der Waals surface area contributed by atoms with Crippen LogP contribution in [0.3, 0.4) is 0 Å². The first-order valence-electron chi connectivity index (χ1n) is 6.42. The van der Waals surface area contributed by atoms with Crippen LogP contribution in [0.5, 0.6) is 0 Å². The summed E-state index contributed by atoms with van der Waals surface area (Å²) in [6.07, 6.45) is 4.53. The number of rotatable bonds is 5. The molecule has 1 heterocycles. The third kappa shape index (κ3) is 3.01. The van der Waals surface area contributed by atoms with Crippen LogP contribution in [-0.2, 0) is 0 Å². The summed E-state index contributed by atoms with van der Waals surface area (Å²) in [5.41, 5.74) is 6.34. The molecule has 0 bridgehead atoms. The first-order valence-corrected chi connectivity index (χ1v) is 6.42. The molecule has 6 heteroatoms. The predicted octanol–water partition coefficient (Wildman–Crippen LogP) is 1.19. The van der Waals surface area contributed by atoms with E-state index >= 15 is 0 Å². The van der Waals surface area contributed by atoms with Crippen molar-refractivity contribution in [3.63, 3.8) is 0 Å². The first-order chi connectivity index (χ1) is 9.17. The van der Waals surface area contributed by atoms with Crippen molar-refractivity contribution in [3.8, 4) is 0 Å². The van der Waals surface area contributed by atoms with Crippen LogP contribution >= 0.6 is 0 Å². The highest BCUT2D eigenvalue weighted by molar-refractivity contribution is 5.98. The molecule has 2 rings (SSSR count). The molecule has 1 aromatic rings. The maximum Gasteiger partial charge on any atom is 0.272 e. The van der Waals surface area contributed by atoms with Gasteiger partial charge in [-0.25, -0.2) is 0 Å². The van der Waals surface area contributed by atoms with Crippen molar-refractivity contribution in [2.45, 2.75) is 32.2 Å². The number of pyridine rings is 1. The Kier molecular flexibility index (Phi) is 3.99. The van der Waals surface area contributed by atoms with E-state index in [0.29, 0.717) is 17.3 Å². The fourth-order valence-electron chi connectivity index (χ4n) is 1.95. The lowest BCUT2D eigenvalue weighted by Crippen LogP contribution is -2.34. The van der Waals surface area contributed by atoms with Crippen LogP contribution in [0.15, 0.2) is 23.5 Å². The lowest BCUT2D eigenvalue weighted by Gasteiger charge is -2.21. The summed E-state index contributed by atoms with van der Waals surface area (Å²) < 4.78 is 0. The van der Waals surface area contributed by atoms with Crippen molar-refractivity contribution >= 4 is 11.7 Å². The van der Waals surface area contributed by atoms with Gasteiger partial charge in [0.05, 0.1) is 0 Å². The highest BCUT2D eigenvalue weighted by Gasteiger charge is 2.32. The largest absolute Gasteiger partial charge is 0.409 e. The summed E-state index contributed by atoms with van der Waals surface area (Å²) in [6.45, 7) is 2.81. The summed E-state index contributed by atoms with van der Waals surface area (Å²) in [5.74, 6) is -0.0606. The molecule has 1 aromatic heterocycles. The number of carbonyl (C=O) groups excluding carboxylic acids is 1. The summed E-state index contributed by atoms with van der Waals surface area (Å²) in [7, 11) is 0. The molecule has 0 radical (unpaired) electrons. The Labute approximate surface area is 111 Å². The van der Waals surface area contributed by atoms with Gasteiger partial charge in [-0.05, 0) is 31.4 Å². The van der Waals surface area contributed by atoms with E-state index in [1.807, 2.05) is 4.90 Å². The quantitative estimate of drug-likeness (QED) is 0.361. The van der Waals surface area contributed by atoms with E-state index < -0.39 is 0 Å². The lowest BCUT2D eigenvalue weighted by molar-refractivity contribution is 0.0737. The summed E-state index contributed by atoms with van der Waals surface area (Å²) in [6, 6.07) is 3.62. The molecule has 1 aliphatic carbocycles. The Morgan fingerprint density at radius 1 is 1.58 bits per heavy atom. The minimum atomic E-state index is -0.0459.